The Labute approximate surface area is 121 Å². The van der Waals surface area contributed by atoms with Crippen LogP contribution in [-0.4, -0.2) is 55.5 Å². The van der Waals surface area contributed by atoms with Gasteiger partial charge in [0.1, 0.15) is 5.75 Å². The van der Waals surface area contributed by atoms with Crippen LogP contribution in [0.2, 0.25) is 0 Å². The van der Waals surface area contributed by atoms with Crippen molar-refractivity contribution in [2.75, 3.05) is 33.8 Å². The zero-order valence-corrected chi connectivity index (χ0v) is 12.4. The molecular weight excluding hydrogens is 252 g/mol. The minimum atomic E-state index is 0.0710. The summed E-state index contributed by atoms with van der Waals surface area (Å²) in [5.41, 5.74) is 0. The second kappa shape index (κ2) is 7.29. The van der Waals surface area contributed by atoms with Crippen molar-refractivity contribution in [2.45, 2.75) is 25.3 Å². The summed E-state index contributed by atoms with van der Waals surface area (Å²) in [4.78, 5) is 16.0. The van der Waals surface area contributed by atoms with Crippen molar-refractivity contribution < 1.29 is 9.53 Å². The Morgan fingerprint density at radius 3 is 2.80 bits per heavy atom. The Morgan fingerprint density at radius 1 is 1.35 bits per heavy atom. The van der Waals surface area contributed by atoms with E-state index in [-0.39, 0.29) is 11.9 Å². The van der Waals surface area contributed by atoms with Gasteiger partial charge in [0.2, 0.25) is 5.91 Å². The normalized spacial score (nSPS) is 19.0. The van der Waals surface area contributed by atoms with Crippen LogP contribution in [0.3, 0.4) is 0 Å². The molecule has 20 heavy (non-hydrogen) atoms. The smallest absolute Gasteiger partial charge is 0.239 e. The predicted octanol–water partition coefficient (Wildman–Crippen LogP) is 2.01. The maximum absolute atomic E-state index is 12.1. The maximum Gasteiger partial charge on any atom is 0.239 e. The largest absolute Gasteiger partial charge is 0.494 e. The minimum absolute atomic E-state index is 0.0710. The highest BCUT2D eigenvalue weighted by Gasteiger charge is 2.30. The molecule has 1 atom stereocenters. The van der Waals surface area contributed by atoms with Gasteiger partial charge >= 0.3 is 0 Å². The minimum Gasteiger partial charge on any atom is -0.494 e. The van der Waals surface area contributed by atoms with E-state index in [9.17, 15) is 4.79 Å². The van der Waals surface area contributed by atoms with Gasteiger partial charge < -0.3 is 9.64 Å². The Balaban J connectivity index is 1.72. The van der Waals surface area contributed by atoms with Crippen LogP contribution < -0.4 is 4.74 Å². The molecule has 0 aromatic heterocycles. The molecule has 4 heteroatoms. The zero-order valence-electron chi connectivity index (χ0n) is 12.4. The van der Waals surface area contributed by atoms with Gasteiger partial charge in [-0.25, -0.2) is 0 Å². The summed E-state index contributed by atoms with van der Waals surface area (Å²) in [6.45, 7) is 2.65. The van der Waals surface area contributed by atoms with E-state index in [4.69, 9.17) is 4.74 Å². The first-order valence-electron chi connectivity index (χ1n) is 7.31. The first-order chi connectivity index (χ1) is 9.68. The van der Waals surface area contributed by atoms with Crippen LogP contribution in [0.25, 0.3) is 0 Å². The second-order valence-electron chi connectivity index (χ2n) is 5.44. The summed E-state index contributed by atoms with van der Waals surface area (Å²) in [6.07, 6.45) is 3.05. The zero-order chi connectivity index (χ0) is 14.4. The van der Waals surface area contributed by atoms with Crippen LogP contribution in [0.5, 0.6) is 5.75 Å². The van der Waals surface area contributed by atoms with Crippen molar-refractivity contribution >= 4 is 5.91 Å². The van der Waals surface area contributed by atoms with Crippen LogP contribution in [0.15, 0.2) is 30.3 Å². The number of rotatable bonds is 6. The molecule has 1 aliphatic rings. The number of benzene rings is 1. The molecule has 0 radical (unpaired) electrons. The van der Waals surface area contributed by atoms with Gasteiger partial charge in [-0.15, -0.1) is 0 Å². The van der Waals surface area contributed by atoms with Crippen molar-refractivity contribution in [3.05, 3.63) is 30.3 Å². The van der Waals surface area contributed by atoms with E-state index in [1.165, 1.54) is 0 Å². The molecule has 0 bridgehead atoms. The number of hydrogen-bond donors (Lipinski definition) is 0. The molecule has 1 aromatic rings. The van der Waals surface area contributed by atoms with E-state index in [0.29, 0.717) is 6.61 Å². The van der Waals surface area contributed by atoms with E-state index >= 15 is 0 Å². The number of para-hydroxylation sites is 1. The van der Waals surface area contributed by atoms with Crippen LogP contribution >= 0.6 is 0 Å². The number of ether oxygens (including phenoxy) is 1. The first-order valence-corrected chi connectivity index (χ1v) is 7.31. The number of hydrogen-bond acceptors (Lipinski definition) is 3. The lowest BCUT2D eigenvalue weighted by atomic mass is 10.2. The molecule has 1 unspecified atom stereocenters. The summed E-state index contributed by atoms with van der Waals surface area (Å²) < 4.78 is 5.69. The van der Waals surface area contributed by atoms with Gasteiger partial charge in [-0.2, -0.15) is 0 Å². The molecule has 1 heterocycles. The molecule has 1 fully saturated rings. The third-order valence-corrected chi connectivity index (χ3v) is 3.69. The average molecular weight is 276 g/mol. The van der Waals surface area contributed by atoms with Crippen molar-refractivity contribution in [3.8, 4) is 5.75 Å². The number of carbonyl (C=O) groups excluding carboxylic acids is 1. The second-order valence-corrected chi connectivity index (χ2v) is 5.44. The van der Waals surface area contributed by atoms with Crippen LogP contribution in [0.1, 0.15) is 19.3 Å². The van der Waals surface area contributed by atoms with Crippen molar-refractivity contribution in [2.24, 2.45) is 0 Å². The SMILES string of the molecule is CN(C)C(=O)C1CCCN1CCCOc1ccccc1. The van der Waals surface area contributed by atoms with Crippen molar-refractivity contribution in [3.63, 3.8) is 0 Å². The molecule has 1 aromatic carbocycles. The molecular formula is C16H24N2O2. The quantitative estimate of drug-likeness (QED) is 0.745. The molecule has 4 nitrogen and oxygen atoms in total. The molecule has 1 aliphatic heterocycles. The summed E-state index contributed by atoms with van der Waals surface area (Å²) in [5.74, 6) is 1.14. The number of carbonyl (C=O) groups is 1. The highest BCUT2D eigenvalue weighted by Crippen LogP contribution is 2.19. The summed E-state index contributed by atoms with van der Waals surface area (Å²) in [7, 11) is 3.66. The van der Waals surface area contributed by atoms with Gasteiger partial charge in [-0.05, 0) is 37.9 Å². The fourth-order valence-electron chi connectivity index (χ4n) is 2.65. The van der Waals surface area contributed by atoms with Gasteiger partial charge in [0.25, 0.3) is 0 Å². The molecule has 0 N–H and O–H groups in total. The molecule has 1 saturated heterocycles. The summed E-state index contributed by atoms with van der Waals surface area (Å²) >= 11 is 0. The van der Waals surface area contributed by atoms with Crippen molar-refractivity contribution in [1.29, 1.82) is 0 Å². The van der Waals surface area contributed by atoms with E-state index < -0.39 is 0 Å². The molecule has 110 valence electrons. The molecule has 2 rings (SSSR count). The number of likely N-dealkylation sites (tertiary alicyclic amines) is 1. The highest BCUT2D eigenvalue weighted by atomic mass is 16.5. The topological polar surface area (TPSA) is 32.8 Å². The lowest BCUT2D eigenvalue weighted by Crippen LogP contribution is -2.43. The number of nitrogens with zero attached hydrogens (tertiary/aromatic N) is 2. The van der Waals surface area contributed by atoms with E-state index in [2.05, 4.69) is 4.90 Å². The molecule has 0 saturated carbocycles. The van der Waals surface area contributed by atoms with E-state index in [1.807, 2.05) is 44.4 Å². The highest BCUT2D eigenvalue weighted by molar-refractivity contribution is 5.81. The van der Waals surface area contributed by atoms with Gasteiger partial charge in [0.15, 0.2) is 0 Å². The molecule has 0 aliphatic carbocycles. The Bertz CT molecular complexity index is 420. The Hall–Kier alpha value is -1.55. The fraction of sp³-hybridized carbons (Fsp3) is 0.562. The van der Waals surface area contributed by atoms with Crippen LogP contribution in [-0.2, 0) is 4.79 Å². The first kappa shape index (κ1) is 14.9. The Kier molecular flexibility index (Phi) is 5.41. The monoisotopic (exact) mass is 276 g/mol. The molecule has 0 spiro atoms. The lowest BCUT2D eigenvalue weighted by molar-refractivity contribution is -0.133. The number of amides is 1. The molecule has 1 amide bonds. The standard InChI is InChI=1S/C16H24N2O2/c1-17(2)16(19)15-10-6-11-18(15)12-7-13-20-14-8-4-3-5-9-14/h3-5,8-9,15H,6-7,10-13H2,1-2H3. The van der Waals surface area contributed by atoms with Gasteiger partial charge in [-0.1, -0.05) is 18.2 Å². The maximum atomic E-state index is 12.1. The lowest BCUT2D eigenvalue weighted by Gasteiger charge is -2.25. The average Bonchev–Trinajstić information content (AvgIpc) is 2.92. The third-order valence-electron chi connectivity index (χ3n) is 3.69. The van der Waals surface area contributed by atoms with E-state index in [0.717, 1.165) is 38.1 Å². The summed E-state index contributed by atoms with van der Waals surface area (Å²) in [5, 5.41) is 0. The third kappa shape index (κ3) is 3.97. The summed E-state index contributed by atoms with van der Waals surface area (Å²) in [6, 6.07) is 9.93. The van der Waals surface area contributed by atoms with Crippen LogP contribution in [0, 0.1) is 0 Å². The van der Waals surface area contributed by atoms with E-state index in [1.54, 1.807) is 4.90 Å². The fourth-order valence-corrected chi connectivity index (χ4v) is 2.65. The van der Waals surface area contributed by atoms with Gasteiger partial charge in [0.05, 0.1) is 12.6 Å². The Morgan fingerprint density at radius 2 is 2.10 bits per heavy atom. The number of likely N-dealkylation sites (N-methyl/N-ethyl adjacent to an activating group) is 1. The van der Waals surface area contributed by atoms with Gasteiger partial charge in [-0.3, -0.25) is 9.69 Å². The predicted molar refractivity (Wildman–Crippen MR) is 79.8 cm³/mol. The van der Waals surface area contributed by atoms with Crippen molar-refractivity contribution in [1.82, 2.24) is 9.80 Å². The van der Waals surface area contributed by atoms with Gasteiger partial charge in [0, 0.05) is 20.6 Å². The van der Waals surface area contributed by atoms with Crippen LogP contribution in [0.4, 0.5) is 0 Å².